The molecule has 0 saturated heterocycles. The normalized spacial score (nSPS) is 9.71. The Morgan fingerprint density at radius 3 is 1.94 bits per heavy atom. The largest absolute Gasteiger partial charge is 0.410 e. The van der Waals surface area contributed by atoms with Gasteiger partial charge in [-0.3, -0.25) is 0 Å². The van der Waals surface area contributed by atoms with Crippen molar-refractivity contribution >= 4 is 12.2 Å². The van der Waals surface area contributed by atoms with Crippen molar-refractivity contribution in [2.24, 2.45) is 11.5 Å². The van der Waals surface area contributed by atoms with Gasteiger partial charge in [-0.25, -0.2) is 9.59 Å². The molecule has 0 saturated carbocycles. The number of rotatable bonds is 4. The van der Waals surface area contributed by atoms with E-state index in [1.807, 2.05) is 6.92 Å². The van der Waals surface area contributed by atoms with Crippen molar-refractivity contribution in [3.8, 4) is 11.5 Å². The molecule has 1 rings (SSSR count). The predicted octanol–water partition coefficient (Wildman–Crippen LogP) is 1.55. The Balaban J connectivity index is 3.11. The van der Waals surface area contributed by atoms with Crippen LogP contribution < -0.4 is 20.9 Å². The van der Waals surface area contributed by atoms with Gasteiger partial charge in [0.1, 0.15) is 11.5 Å². The maximum atomic E-state index is 10.7. The molecule has 0 radical (unpaired) electrons. The molecule has 1 aromatic carbocycles. The predicted molar refractivity (Wildman–Crippen MR) is 60.9 cm³/mol. The van der Waals surface area contributed by atoms with Crippen LogP contribution in [-0.4, -0.2) is 12.2 Å². The standard InChI is InChI=1S/C11H14N2O4/c1-2-4-7-8(16-10(12)14)5-3-6-9(7)17-11(13)15/h3,5-6H,2,4H2,1H3,(H2,12,14)(H2,13,15). The minimum atomic E-state index is -0.918. The first-order valence-corrected chi connectivity index (χ1v) is 5.11. The highest BCUT2D eigenvalue weighted by Crippen LogP contribution is 2.29. The molecule has 0 fully saturated rings. The fourth-order valence-corrected chi connectivity index (χ4v) is 1.45. The van der Waals surface area contributed by atoms with Crippen molar-refractivity contribution in [2.75, 3.05) is 0 Å². The van der Waals surface area contributed by atoms with E-state index in [-0.39, 0.29) is 11.5 Å². The number of benzene rings is 1. The molecule has 0 aliphatic rings. The highest BCUT2D eigenvalue weighted by atomic mass is 16.6. The summed E-state index contributed by atoms with van der Waals surface area (Å²) < 4.78 is 9.65. The summed E-state index contributed by atoms with van der Waals surface area (Å²) in [7, 11) is 0. The first-order valence-electron chi connectivity index (χ1n) is 5.11. The highest BCUT2D eigenvalue weighted by molar-refractivity contribution is 5.71. The molecule has 6 heteroatoms. The minimum absolute atomic E-state index is 0.276. The molecule has 0 heterocycles. The molecule has 0 aliphatic carbocycles. The second-order valence-electron chi connectivity index (χ2n) is 3.33. The van der Waals surface area contributed by atoms with Gasteiger partial charge in [-0.05, 0) is 18.6 Å². The van der Waals surface area contributed by atoms with Gasteiger partial charge in [0.05, 0.1) is 0 Å². The summed E-state index contributed by atoms with van der Waals surface area (Å²) in [6.45, 7) is 1.94. The topological polar surface area (TPSA) is 105 Å². The molecular formula is C11H14N2O4. The molecule has 0 bridgehead atoms. The van der Waals surface area contributed by atoms with E-state index >= 15 is 0 Å². The maximum Gasteiger partial charge on any atom is 0.409 e. The smallest absolute Gasteiger partial charge is 0.409 e. The summed E-state index contributed by atoms with van der Waals surface area (Å²) in [4.78, 5) is 21.5. The second kappa shape index (κ2) is 5.74. The number of hydrogen-bond donors (Lipinski definition) is 2. The van der Waals surface area contributed by atoms with Gasteiger partial charge in [-0.15, -0.1) is 0 Å². The summed E-state index contributed by atoms with van der Waals surface area (Å²) in [5.74, 6) is 0.552. The van der Waals surface area contributed by atoms with Crippen LogP contribution in [0.3, 0.4) is 0 Å². The Hall–Kier alpha value is -2.24. The first kappa shape index (κ1) is 12.8. The maximum absolute atomic E-state index is 10.7. The van der Waals surface area contributed by atoms with Crippen LogP contribution in [-0.2, 0) is 6.42 Å². The number of nitrogens with two attached hydrogens (primary N) is 2. The molecule has 0 unspecified atom stereocenters. The number of ether oxygens (including phenoxy) is 2. The van der Waals surface area contributed by atoms with E-state index in [0.717, 1.165) is 6.42 Å². The molecule has 0 spiro atoms. The van der Waals surface area contributed by atoms with Gasteiger partial charge in [-0.2, -0.15) is 0 Å². The van der Waals surface area contributed by atoms with Crippen LogP contribution in [0.25, 0.3) is 0 Å². The van der Waals surface area contributed by atoms with Crippen LogP contribution in [0.5, 0.6) is 11.5 Å². The molecule has 17 heavy (non-hydrogen) atoms. The van der Waals surface area contributed by atoms with Crippen LogP contribution >= 0.6 is 0 Å². The Morgan fingerprint density at radius 1 is 1.12 bits per heavy atom. The van der Waals surface area contributed by atoms with Crippen molar-refractivity contribution in [1.29, 1.82) is 0 Å². The first-order chi connectivity index (χ1) is 8.04. The second-order valence-corrected chi connectivity index (χ2v) is 3.33. The van der Waals surface area contributed by atoms with E-state index in [2.05, 4.69) is 0 Å². The Bertz CT molecular complexity index is 397. The SMILES string of the molecule is CCCc1c(OC(N)=O)cccc1OC(N)=O. The third-order valence-electron chi connectivity index (χ3n) is 2.01. The summed E-state index contributed by atoms with van der Waals surface area (Å²) in [5.41, 5.74) is 10.5. The van der Waals surface area contributed by atoms with Gasteiger partial charge >= 0.3 is 12.2 Å². The van der Waals surface area contributed by atoms with Crippen LogP contribution in [0.2, 0.25) is 0 Å². The quantitative estimate of drug-likeness (QED) is 0.830. The molecular weight excluding hydrogens is 224 g/mol. The third kappa shape index (κ3) is 3.67. The number of carbonyl (C=O) groups excluding carboxylic acids is 2. The van der Waals surface area contributed by atoms with E-state index < -0.39 is 12.2 Å². The molecule has 0 atom stereocenters. The molecule has 1 aromatic rings. The number of amides is 2. The molecule has 0 aliphatic heterocycles. The van der Waals surface area contributed by atoms with Gasteiger partial charge in [0.25, 0.3) is 0 Å². The lowest BCUT2D eigenvalue weighted by molar-refractivity contribution is 0.208. The molecule has 0 aromatic heterocycles. The summed E-state index contributed by atoms with van der Waals surface area (Å²) in [6.07, 6.45) is -0.475. The minimum Gasteiger partial charge on any atom is -0.410 e. The van der Waals surface area contributed by atoms with Crippen LogP contribution in [0.15, 0.2) is 18.2 Å². The Kier molecular flexibility index (Phi) is 4.33. The molecule has 92 valence electrons. The van der Waals surface area contributed by atoms with Gasteiger partial charge in [-0.1, -0.05) is 19.4 Å². The average molecular weight is 238 g/mol. The molecule has 2 amide bonds. The zero-order chi connectivity index (χ0) is 12.8. The molecule has 4 N–H and O–H groups in total. The highest BCUT2D eigenvalue weighted by Gasteiger charge is 2.13. The lowest BCUT2D eigenvalue weighted by atomic mass is 10.1. The van der Waals surface area contributed by atoms with Gasteiger partial charge < -0.3 is 20.9 Å². The van der Waals surface area contributed by atoms with Crippen molar-refractivity contribution in [3.05, 3.63) is 23.8 Å². The third-order valence-corrected chi connectivity index (χ3v) is 2.01. The zero-order valence-corrected chi connectivity index (χ0v) is 9.43. The van der Waals surface area contributed by atoms with Crippen LogP contribution in [0, 0.1) is 0 Å². The van der Waals surface area contributed by atoms with Gasteiger partial charge in [0, 0.05) is 5.56 Å². The average Bonchev–Trinajstić information content (AvgIpc) is 2.21. The van der Waals surface area contributed by atoms with Crippen molar-refractivity contribution < 1.29 is 19.1 Å². The van der Waals surface area contributed by atoms with Crippen molar-refractivity contribution in [1.82, 2.24) is 0 Å². The monoisotopic (exact) mass is 238 g/mol. The van der Waals surface area contributed by atoms with E-state index in [4.69, 9.17) is 20.9 Å². The van der Waals surface area contributed by atoms with E-state index in [1.165, 1.54) is 0 Å². The van der Waals surface area contributed by atoms with E-state index in [0.29, 0.717) is 12.0 Å². The summed E-state index contributed by atoms with van der Waals surface area (Å²) in [5, 5.41) is 0. The lowest BCUT2D eigenvalue weighted by Crippen LogP contribution is -2.19. The lowest BCUT2D eigenvalue weighted by Gasteiger charge is -2.12. The van der Waals surface area contributed by atoms with Crippen molar-refractivity contribution in [3.63, 3.8) is 0 Å². The Morgan fingerprint density at radius 2 is 1.59 bits per heavy atom. The number of carbonyl (C=O) groups is 2. The fourth-order valence-electron chi connectivity index (χ4n) is 1.45. The van der Waals surface area contributed by atoms with Crippen LogP contribution in [0.4, 0.5) is 9.59 Å². The van der Waals surface area contributed by atoms with Crippen molar-refractivity contribution in [2.45, 2.75) is 19.8 Å². The van der Waals surface area contributed by atoms with E-state index in [1.54, 1.807) is 18.2 Å². The number of primary amides is 2. The fraction of sp³-hybridized carbons (Fsp3) is 0.273. The summed E-state index contributed by atoms with van der Waals surface area (Å²) in [6, 6.07) is 4.73. The molecule has 6 nitrogen and oxygen atoms in total. The van der Waals surface area contributed by atoms with Gasteiger partial charge in [0.2, 0.25) is 0 Å². The Labute approximate surface area is 98.5 Å². The van der Waals surface area contributed by atoms with Crippen LogP contribution in [0.1, 0.15) is 18.9 Å². The zero-order valence-electron chi connectivity index (χ0n) is 9.43. The number of hydrogen-bond acceptors (Lipinski definition) is 4. The van der Waals surface area contributed by atoms with Gasteiger partial charge in [0.15, 0.2) is 0 Å². The summed E-state index contributed by atoms with van der Waals surface area (Å²) >= 11 is 0. The van der Waals surface area contributed by atoms with E-state index in [9.17, 15) is 9.59 Å².